The molecule has 0 radical (unpaired) electrons. The molecule has 0 aliphatic carbocycles. The quantitative estimate of drug-likeness (QED) is 0.558. The van der Waals surface area contributed by atoms with E-state index >= 15 is 0 Å². The Labute approximate surface area is 164 Å². The fourth-order valence-electron chi connectivity index (χ4n) is 4.64. The molecular weight excluding hydrogens is 369 g/mol. The van der Waals surface area contributed by atoms with Crippen LogP contribution in [-0.2, 0) is 0 Å². The van der Waals surface area contributed by atoms with Gasteiger partial charge >= 0.3 is 0 Å². The van der Waals surface area contributed by atoms with Gasteiger partial charge in [0.25, 0.3) is 0 Å². The zero-order valence-corrected chi connectivity index (χ0v) is 16.7. The van der Waals surface area contributed by atoms with Crippen LogP contribution >= 0.6 is 35.0 Å². The first-order valence-corrected chi connectivity index (χ1v) is 10.7. The minimum Gasteiger partial charge on any atom is -0.300 e. The van der Waals surface area contributed by atoms with Gasteiger partial charge in [0, 0.05) is 22.7 Å². The first-order valence-electron chi connectivity index (χ1n) is 8.98. The summed E-state index contributed by atoms with van der Waals surface area (Å²) in [5.74, 6) is 2.36. The Balaban J connectivity index is 1.60. The Bertz CT molecular complexity index is 736. The molecule has 0 saturated carbocycles. The molecular formula is C21H23Cl2NS. The fraction of sp³-hybridized carbons (Fsp3) is 0.429. The summed E-state index contributed by atoms with van der Waals surface area (Å²) < 4.78 is 0. The normalized spacial score (nSPS) is 29.1. The maximum atomic E-state index is 6.32. The van der Waals surface area contributed by atoms with Crippen LogP contribution in [0, 0.1) is 5.92 Å². The molecule has 0 aromatic heterocycles. The zero-order chi connectivity index (χ0) is 17.4. The summed E-state index contributed by atoms with van der Waals surface area (Å²) in [7, 11) is 2.31. The lowest BCUT2D eigenvalue weighted by atomic mass is 9.77. The Kier molecular flexibility index (Phi) is 5.33. The summed E-state index contributed by atoms with van der Waals surface area (Å²) in [6.07, 6.45) is 3.87. The molecule has 0 spiro atoms. The van der Waals surface area contributed by atoms with Crippen LogP contribution in [-0.4, -0.2) is 29.8 Å². The van der Waals surface area contributed by atoms with Crippen molar-refractivity contribution in [2.45, 2.75) is 42.2 Å². The minimum atomic E-state index is 0.569. The molecule has 2 saturated heterocycles. The largest absolute Gasteiger partial charge is 0.300 e. The number of benzene rings is 2. The zero-order valence-electron chi connectivity index (χ0n) is 14.4. The second-order valence-corrected chi connectivity index (χ2v) is 9.18. The van der Waals surface area contributed by atoms with Gasteiger partial charge in [0.2, 0.25) is 0 Å². The van der Waals surface area contributed by atoms with E-state index in [0.29, 0.717) is 34.0 Å². The second-order valence-electron chi connectivity index (χ2n) is 7.27. The van der Waals surface area contributed by atoms with Crippen molar-refractivity contribution in [2.24, 2.45) is 5.92 Å². The van der Waals surface area contributed by atoms with Crippen molar-refractivity contribution in [2.75, 3.05) is 12.8 Å². The molecule has 2 aliphatic rings. The van der Waals surface area contributed by atoms with Crippen LogP contribution in [0.4, 0.5) is 0 Å². The van der Waals surface area contributed by atoms with E-state index in [2.05, 4.69) is 54.4 Å². The summed E-state index contributed by atoms with van der Waals surface area (Å²) in [4.78, 5) is 3.99. The molecule has 2 aromatic rings. The average Bonchev–Trinajstić information content (AvgIpc) is 2.87. The van der Waals surface area contributed by atoms with Crippen LogP contribution in [0.25, 0.3) is 0 Å². The molecule has 2 bridgehead atoms. The van der Waals surface area contributed by atoms with Crippen LogP contribution in [0.5, 0.6) is 0 Å². The summed E-state index contributed by atoms with van der Waals surface area (Å²) in [5.41, 5.74) is 1.36. The van der Waals surface area contributed by atoms with Gasteiger partial charge in [-0.1, -0.05) is 47.5 Å². The SMILES string of the molecule is CN1[C@H]2CC[C@@H]1[C@H](CSc1ccccc1)[C@@H](c1ccc(Cl)c(Cl)c1)C2. The van der Waals surface area contributed by atoms with E-state index in [1.165, 1.54) is 29.7 Å². The second kappa shape index (κ2) is 7.52. The van der Waals surface area contributed by atoms with Gasteiger partial charge in [-0.2, -0.15) is 0 Å². The first kappa shape index (κ1) is 17.7. The van der Waals surface area contributed by atoms with E-state index in [1.54, 1.807) is 0 Å². The fourth-order valence-corrected chi connectivity index (χ4v) is 6.14. The van der Waals surface area contributed by atoms with E-state index < -0.39 is 0 Å². The van der Waals surface area contributed by atoms with E-state index in [-0.39, 0.29) is 0 Å². The lowest BCUT2D eigenvalue weighted by molar-refractivity contribution is 0.112. The Morgan fingerprint density at radius 1 is 1.04 bits per heavy atom. The van der Waals surface area contributed by atoms with Gasteiger partial charge in [-0.05, 0) is 68.0 Å². The van der Waals surface area contributed by atoms with Gasteiger partial charge in [0.15, 0.2) is 0 Å². The Morgan fingerprint density at radius 3 is 2.60 bits per heavy atom. The third kappa shape index (κ3) is 3.60. The average molecular weight is 392 g/mol. The molecule has 1 nitrogen and oxygen atoms in total. The number of fused-ring (bicyclic) bond motifs is 2. The molecule has 25 heavy (non-hydrogen) atoms. The van der Waals surface area contributed by atoms with E-state index in [0.717, 1.165) is 5.75 Å². The third-order valence-corrected chi connectivity index (χ3v) is 7.89. The summed E-state index contributed by atoms with van der Waals surface area (Å²) >= 11 is 14.5. The highest BCUT2D eigenvalue weighted by atomic mass is 35.5. The van der Waals surface area contributed by atoms with Crippen molar-refractivity contribution < 1.29 is 0 Å². The smallest absolute Gasteiger partial charge is 0.0595 e. The standard InChI is InChI=1S/C21H23Cl2NS/c1-24-15-8-10-21(24)18(13-25-16-5-3-2-4-6-16)17(12-15)14-7-9-19(22)20(23)11-14/h2-7,9,11,15,17-18,21H,8,10,12-13H2,1H3/t15-,17+,18+,21+/m0/s1. The summed E-state index contributed by atoms with van der Waals surface area (Å²) in [6, 6.07) is 18.4. The van der Waals surface area contributed by atoms with Crippen molar-refractivity contribution in [1.29, 1.82) is 0 Å². The van der Waals surface area contributed by atoms with E-state index in [9.17, 15) is 0 Å². The number of nitrogens with zero attached hydrogens (tertiary/aromatic N) is 1. The molecule has 2 fully saturated rings. The minimum absolute atomic E-state index is 0.569. The van der Waals surface area contributed by atoms with Crippen molar-refractivity contribution in [1.82, 2.24) is 4.90 Å². The molecule has 0 N–H and O–H groups in total. The highest BCUT2D eigenvalue weighted by Gasteiger charge is 2.45. The van der Waals surface area contributed by atoms with Crippen molar-refractivity contribution in [3.8, 4) is 0 Å². The lowest BCUT2D eigenvalue weighted by Gasteiger charge is -2.43. The third-order valence-electron chi connectivity index (χ3n) is 5.99. The number of rotatable bonds is 4. The van der Waals surface area contributed by atoms with Gasteiger partial charge in [-0.3, -0.25) is 0 Å². The number of thioether (sulfide) groups is 1. The summed E-state index contributed by atoms with van der Waals surface area (Å²) in [6.45, 7) is 0. The van der Waals surface area contributed by atoms with Crippen molar-refractivity contribution in [3.05, 3.63) is 64.1 Å². The van der Waals surface area contributed by atoms with Crippen molar-refractivity contribution in [3.63, 3.8) is 0 Å². The van der Waals surface area contributed by atoms with Crippen LogP contribution in [0.3, 0.4) is 0 Å². The van der Waals surface area contributed by atoms with Gasteiger partial charge in [-0.15, -0.1) is 11.8 Å². The molecule has 2 heterocycles. The van der Waals surface area contributed by atoms with E-state index in [1.807, 2.05) is 17.8 Å². The maximum absolute atomic E-state index is 6.32. The molecule has 4 atom stereocenters. The first-order chi connectivity index (χ1) is 12.1. The number of hydrogen-bond acceptors (Lipinski definition) is 2. The molecule has 2 aromatic carbocycles. The maximum Gasteiger partial charge on any atom is 0.0595 e. The molecule has 4 heteroatoms. The summed E-state index contributed by atoms with van der Waals surface area (Å²) in [5, 5.41) is 1.33. The van der Waals surface area contributed by atoms with Gasteiger partial charge < -0.3 is 4.90 Å². The molecule has 132 valence electrons. The van der Waals surface area contributed by atoms with Crippen LogP contribution in [0.2, 0.25) is 10.0 Å². The topological polar surface area (TPSA) is 3.24 Å². The number of halogens is 2. The predicted molar refractivity (Wildman–Crippen MR) is 109 cm³/mol. The van der Waals surface area contributed by atoms with Crippen LogP contribution in [0.1, 0.15) is 30.7 Å². The van der Waals surface area contributed by atoms with Crippen LogP contribution < -0.4 is 0 Å². The van der Waals surface area contributed by atoms with Gasteiger partial charge in [0.1, 0.15) is 0 Å². The molecule has 2 aliphatic heterocycles. The van der Waals surface area contributed by atoms with Crippen molar-refractivity contribution >= 4 is 35.0 Å². The Morgan fingerprint density at radius 2 is 1.84 bits per heavy atom. The van der Waals surface area contributed by atoms with E-state index in [4.69, 9.17) is 23.2 Å². The lowest BCUT2D eigenvalue weighted by Crippen LogP contribution is -2.46. The predicted octanol–water partition coefficient (Wildman–Crippen LogP) is 6.35. The molecule has 0 amide bonds. The number of piperidine rings is 1. The van der Waals surface area contributed by atoms with Gasteiger partial charge in [0.05, 0.1) is 10.0 Å². The van der Waals surface area contributed by atoms with Gasteiger partial charge in [-0.25, -0.2) is 0 Å². The Hall–Kier alpha value is -0.670. The highest BCUT2D eigenvalue weighted by Crippen LogP contribution is 2.48. The molecule has 4 rings (SSSR count). The number of hydrogen-bond donors (Lipinski definition) is 0. The highest BCUT2D eigenvalue weighted by molar-refractivity contribution is 7.99. The molecule has 0 unspecified atom stereocenters. The monoisotopic (exact) mass is 391 g/mol. The van der Waals surface area contributed by atoms with Crippen LogP contribution in [0.15, 0.2) is 53.4 Å².